The number of hydrogen-bond acceptors (Lipinski definition) is 2. The molecule has 2 heterocycles. The average Bonchev–Trinajstić information content (AvgIpc) is 2.83. The Morgan fingerprint density at radius 1 is 1.35 bits per heavy atom. The summed E-state index contributed by atoms with van der Waals surface area (Å²) in [6.45, 7) is 4.59. The summed E-state index contributed by atoms with van der Waals surface area (Å²) in [5, 5.41) is 5.38. The Bertz CT molecular complexity index is 570. The number of piperidine rings is 1. The molecule has 0 atom stereocenters. The third kappa shape index (κ3) is 3.00. The van der Waals surface area contributed by atoms with Crippen molar-refractivity contribution in [1.29, 1.82) is 0 Å². The molecule has 1 fully saturated rings. The van der Waals surface area contributed by atoms with Crippen LogP contribution in [0.2, 0.25) is 5.02 Å². The van der Waals surface area contributed by atoms with Gasteiger partial charge in [-0.1, -0.05) is 17.7 Å². The van der Waals surface area contributed by atoms with Crippen LogP contribution >= 0.6 is 11.6 Å². The fraction of sp³-hybridized carbons (Fsp3) is 0.500. The molecule has 0 amide bonds. The smallest absolute Gasteiger partial charge is 0.0472 e. The van der Waals surface area contributed by atoms with Gasteiger partial charge < -0.3 is 10.3 Å². The number of aromatic amines is 1. The number of hydrogen-bond donors (Lipinski definition) is 2. The fourth-order valence-electron chi connectivity index (χ4n) is 3.17. The van der Waals surface area contributed by atoms with Gasteiger partial charge in [0, 0.05) is 28.7 Å². The van der Waals surface area contributed by atoms with Gasteiger partial charge in [0.1, 0.15) is 0 Å². The van der Waals surface area contributed by atoms with Gasteiger partial charge in [-0.3, -0.25) is 4.90 Å². The molecule has 1 aromatic heterocycles. The second-order valence-corrected chi connectivity index (χ2v) is 6.22. The number of nitrogens with one attached hydrogen (secondary N) is 2. The average molecular weight is 292 g/mol. The summed E-state index contributed by atoms with van der Waals surface area (Å²) in [7, 11) is 2.05. The zero-order valence-electron chi connectivity index (χ0n) is 12.0. The minimum absolute atomic E-state index is 0.791. The summed E-state index contributed by atoms with van der Waals surface area (Å²) < 4.78 is 0. The highest BCUT2D eigenvalue weighted by Gasteiger charge is 2.19. The number of halogens is 1. The predicted octanol–water partition coefficient (Wildman–Crippen LogP) is 3.25. The second kappa shape index (κ2) is 6.17. The van der Waals surface area contributed by atoms with E-state index in [-0.39, 0.29) is 0 Å². The van der Waals surface area contributed by atoms with Gasteiger partial charge in [-0.15, -0.1) is 0 Å². The summed E-state index contributed by atoms with van der Waals surface area (Å²) >= 11 is 6.03. The summed E-state index contributed by atoms with van der Waals surface area (Å²) in [5.74, 6) is 0.845. The number of fused-ring (bicyclic) bond motifs is 1. The molecule has 3 rings (SSSR count). The lowest BCUT2D eigenvalue weighted by molar-refractivity contribution is 0.177. The largest absolute Gasteiger partial charge is 0.361 e. The maximum atomic E-state index is 6.03. The van der Waals surface area contributed by atoms with Crippen LogP contribution in [0.15, 0.2) is 24.4 Å². The van der Waals surface area contributed by atoms with Crippen molar-refractivity contribution >= 4 is 22.5 Å². The van der Waals surface area contributed by atoms with E-state index in [4.69, 9.17) is 11.6 Å². The van der Waals surface area contributed by atoms with Crippen LogP contribution in [0.3, 0.4) is 0 Å². The molecule has 1 aromatic carbocycles. The lowest BCUT2D eigenvalue weighted by Crippen LogP contribution is -2.36. The second-order valence-electron chi connectivity index (χ2n) is 5.78. The molecule has 4 heteroatoms. The molecule has 0 radical (unpaired) electrons. The third-order valence-electron chi connectivity index (χ3n) is 4.32. The van der Waals surface area contributed by atoms with E-state index in [2.05, 4.69) is 27.5 Å². The van der Waals surface area contributed by atoms with Gasteiger partial charge in [0.15, 0.2) is 0 Å². The van der Waals surface area contributed by atoms with Gasteiger partial charge in [0.25, 0.3) is 0 Å². The van der Waals surface area contributed by atoms with E-state index in [1.165, 1.54) is 36.9 Å². The zero-order valence-corrected chi connectivity index (χ0v) is 12.7. The number of rotatable bonds is 4. The van der Waals surface area contributed by atoms with Crippen molar-refractivity contribution in [3.05, 3.63) is 35.0 Å². The molecule has 3 nitrogen and oxygen atoms in total. The van der Waals surface area contributed by atoms with Gasteiger partial charge >= 0.3 is 0 Å². The Balaban J connectivity index is 1.65. The SMILES string of the molecule is CNCC1CCN(Cc2c[nH]c3cc(Cl)ccc23)CC1. The first-order valence-electron chi connectivity index (χ1n) is 7.38. The lowest BCUT2D eigenvalue weighted by atomic mass is 9.96. The van der Waals surface area contributed by atoms with Crippen molar-refractivity contribution in [2.75, 3.05) is 26.7 Å². The molecule has 0 bridgehead atoms. The normalized spacial score (nSPS) is 17.9. The quantitative estimate of drug-likeness (QED) is 0.906. The topological polar surface area (TPSA) is 31.1 Å². The van der Waals surface area contributed by atoms with Crippen LogP contribution in [-0.2, 0) is 6.54 Å². The molecule has 0 aliphatic carbocycles. The van der Waals surface area contributed by atoms with Crippen molar-refractivity contribution in [3.63, 3.8) is 0 Å². The highest BCUT2D eigenvalue weighted by Crippen LogP contribution is 2.25. The van der Waals surface area contributed by atoms with Crippen LogP contribution in [0.1, 0.15) is 18.4 Å². The van der Waals surface area contributed by atoms with Crippen LogP contribution in [0.5, 0.6) is 0 Å². The lowest BCUT2D eigenvalue weighted by Gasteiger charge is -2.31. The maximum absolute atomic E-state index is 6.03. The van der Waals surface area contributed by atoms with Crippen molar-refractivity contribution in [2.45, 2.75) is 19.4 Å². The number of benzene rings is 1. The van der Waals surface area contributed by atoms with E-state index < -0.39 is 0 Å². The molecule has 108 valence electrons. The summed E-state index contributed by atoms with van der Waals surface area (Å²) in [5.41, 5.74) is 2.52. The molecular weight excluding hydrogens is 270 g/mol. The Labute approximate surface area is 125 Å². The first-order chi connectivity index (χ1) is 9.76. The molecule has 2 aromatic rings. The maximum Gasteiger partial charge on any atom is 0.0472 e. The van der Waals surface area contributed by atoms with Gasteiger partial charge in [0.05, 0.1) is 0 Å². The van der Waals surface area contributed by atoms with E-state index in [1.54, 1.807) is 0 Å². The van der Waals surface area contributed by atoms with Gasteiger partial charge in [-0.2, -0.15) is 0 Å². The van der Waals surface area contributed by atoms with Crippen molar-refractivity contribution < 1.29 is 0 Å². The summed E-state index contributed by atoms with van der Waals surface area (Å²) in [6, 6.07) is 6.09. The molecule has 0 saturated carbocycles. The molecular formula is C16H22ClN3. The van der Waals surface area contributed by atoms with Crippen LogP contribution in [0.25, 0.3) is 10.9 Å². The van der Waals surface area contributed by atoms with E-state index in [1.807, 2.05) is 19.2 Å². The summed E-state index contributed by atoms with van der Waals surface area (Å²) in [4.78, 5) is 5.89. The number of H-pyrrole nitrogens is 1. The third-order valence-corrected chi connectivity index (χ3v) is 4.56. The Kier molecular flexibility index (Phi) is 4.29. The molecule has 1 aliphatic heterocycles. The van der Waals surface area contributed by atoms with Crippen molar-refractivity contribution in [2.24, 2.45) is 5.92 Å². The van der Waals surface area contributed by atoms with E-state index in [0.29, 0.717) is 0 Å². The molecule has 1 saturated heterocycles. The first kappa shape index (κ1) is 13.9. The predicted molar refractivity (Wildman–Crippen MR) is 85.2 cm³/mol. The minimum atomic E-state index is 0.791. The molecule has 0 spiro atoms. The Morgan fingerprint density at radius 3 is 2.90 bits per heavy atom. The van der Waals surface area contributed by atoms with Crippen LogP contribution in [-0.4, -0.2) is 36.6 Å². The minimum Gasteiger partial charge on any atom is -0.361 e. The van der Waals surface area contributed by atoms with Crippen LogP contribution in [0, 0.1) is 5.92 Å². The van der Waals surface area contributed by atoms with Gasteiger partial charge in [-0.05, 0) is 63.1 Å². The fourth-order valence-corrected chi connectivity index (χ4v) is 3.34. The van der Waals surface area contributed by atoms with Crippen molar-refractivity contribution in [1.82, 2.24) is 15.2 Å². The van der Waals surface area contributed by atoms with Crippen LogP contribution in [0.4, 0.5) is 0 Å². The number of aromatic nitrogens is 1. The molecule has 20 heavy (non-hydrogen) atoms. The molecule has 1 aliphatic rings. The number of nitrogens with zero attached hydrogens (tertiary/aromatic N) is 1. The van der Waals surface area contributed by atoms with E-state index in [0.717, 1.165) is 29.5 Å². The first-order valence-corrected chi connectivity index (χ1v) is 7.76. The van der Waals surface area contributed by atoms with Gasteiger partial charge in [-0.25, -0.2) is 0 Å². The summed E-state index contributed by atoms with van der Waals surface area (Å²) in [6.07, 6.45) is 4.73. The van der Waals surface area contributed by atoms with E-state index >= 15 is 0 Å². The Morgan fingerprint density at radius 2 is 2.15 bits per heavy atom. The Hall–Kier alpha value is -1.03. The molecule has 0 unspecified atom stereocenters. The van der Waals surface area contributed by atoms with E-state index in [9.17, 15) is 0 Å². The monoisotopic (exact) mass is 291 g/mol. The van der Waals surface area contributed by atoms with Crippen LogP contribution < -0.4 is 5.32 Å². The highest BCUT2D eigenvalue weighted by molar-refractivity contribution is 6.31. The van der Waals surface area contributed by atoms with Crippen molar-refractivity contribution in [3.8, 4) is 0 Å². The number of likely N-dealkylation sites (tertiary alicyclic amines) is 1. The standard InChI is InChI=1S/C16H22ClN3/c1-18-9-12-4-6-20(7-5-12)11-13-10-19-16-8-14(17)2-3-15(13)16/h2-3,8,10,12,18-19H,4-7,9,11H2,1H3. The van der Waals surface area contributed by atoms with Gasteiger partial charge in [0.2, 0.25) is 0 Å². The highest BCUT2D eigenvalue weighted by atomic mass is 35.5. The zero-order chi connectivity index (χ0) is 13.9. The molecule has 2 N–H and O–H groups in total.